The molecule has 6 heteroatoms. The molecule has 0 aliphatic carbocycles. The molecule has 1 amide bonds. The maximum Gasteiger partial charge on any atom is 0.224 e. The molecule has 2 heterocycles. The van der Waals surface area contributed by atoms with Crippen LogP contribution in [0.15, 0.2) is 18.2 Å². The second kappa shape index (κ2) is 7.81. The van der Waals surface area contributed by atoms with E-state index in [9.17, 15) is 4.79 Å². The average Bonchev–Trinajstić information content (AvgIpc) is 3.13. The molecule has 0 saturated carbocycles. The Labute approximate surface area is 153 Å². The van der Waals surface area contributed by atoms with E-state index in [1.165, 1.54) is 6.42 Å². The van der Waals surface area contributed by atoms with E-state index in [4.69, 9.17) is 4.98 Å². The predicted molar refractivity (Wildman–Crippen MR) is 104 cm³/mol. The molecule has 3 rings (SSSR count). The first-order valence-electron chi connectivity index (χ1n) is 8.33. The fraction of sp³-hybridized carbons (Fsp3) is 0.556. The normalized spacial score (nSPS) is 17.7. The minimum absolute atomic E-state index is 0. The molecule has 1 saturated heterocycles. The van der Waals surface area contributed by atoms with Gasteiger partial charge in [0.1, 0.15) is 0 Å². The lowest BCUT2D eigenvalue weighted by molar-refractivity contribution is -0.116. The Morgan fingerprint density at radius 3 is 2.88 bits per heavy atom. The van der Waals surface area contributed by atoms with E-state index in [2.05, 4.69) is 31.4 Å². The van der Waals surface area contributed by atoms with E-state index in [1.807, 2.05) is 18.2 Å². The summed E-state index contributed by atoms with van der Waals surface area (Å²) in [4.78, 5) is 16.8. The molecule has 4 nitrogen and oxygen atoms in total. The number of carbonyl (C=O) groups excluding carboxylic acids is 1. The zero-order valence-electron chi connectivity index (χ0n) is 14.5. The van der Waals surface area contributed by atoms with Crippen molar-refractivity contribution in [2.24, 2.45) is 5.92 Å². The second-order valence-electron chi connectivity index (χ2n) is 7.40. The molecular formula is C18H26ClN3OS. The van der Waals surface area contributed by atoms with E-state index >= 15 is 0 Å². The third-order valence-electron chi connectivity index (χ3n) is 4.26. The first-order chi connectivity index (χ1) is 10.9. The number of benzene rings is 1. The minimum Gasteiger partial charge on any atom is -0.326 e. The Hall–Kier alpha value is -1.17. The third kappa shape index (κ3) is 4.68. The fourth-order valence-electron chi connectivity index (χ4n) is 2.84. The lowest BCUT2D eigenvalue weighted by Crippen LogP contribution is -2.14. The highest BCUT2D eigenvalue weighted by atomic mass is 35.5. The molecular weight excluding hydrogens is 342 g/mol. The van der Waals surface area contributed by atoms with Crippen molar-refractivity contribution in [2.45, 2.75) is 45.4 Å². The Morgan fingerprint density at radius 1 is 1.42 bits per heavy atom. The lowest BCUT2D eigenvalue weighted by atomic mass is 9.98. The third-order valence-corrected chi connectivity index (χ3v) is 5.70. The summed E-state index contributed by atoms with van der Waals surface area (Å²) in [5.41, 5.74) is 1.94. The van der Waals surface area contributed by atoms with E-state index in [0.29, 0.717) is 12.3 Å². The molecule has 2 N–H and O–H groups in total. The molecule has 1 fully saturated rings. The van der Waals surface area contributed by atoms with E-state index in [1.54, 1.807) is 11.3 Å². The predicted octanol–water partition coefficient (Wildman–Crippen LogP) is 4.34. The zero-order valence-corrected chi connectivity index (χ0v) is 16.1. The van der Waals surface area contributed by atoms with Gasteiger partial charge in [-0.15, -0.1) is 23.7 Å². The van der Waals surface area contributed by atoms with Gasteiger partial charge in [-0.2, -0.15) is 0 Å². The van der Waals surface area contributed by atoms with Gasteiger partial charge >= 0.3 is 0 Å². The van der Waals surface area contributed by atoms with Crippen LogP contribution >= 0.6 is 23.7 Å². The molecule has 1 aliphatic heterocycles. The van der Waals surface area contributed by atoms with Gasteiger partial charge < -0.3 is 10.6 Å². The van der Waals surface area contributed by atoms with Crippen LogP contribution in [-0.4, -0.2) is 24.0 Å². The Bertz CT molecular complexity index is 702. The number of nitrogens with zero attached hydrogens (tertiary/aromatic N) is 1. The van der Waals surface area contributed by atoms with Gasteiger partial charge in [0.25, 0.3) is 0 Å². The highest BCUT2D eigenvalue weighted by Crippen LogP contribution is 2.32. The molecule has 24 heavy (non-hydrogen) atoms. The smallest absolute Gasteiger partial charge is 0.224 e. The quantitative estimate of drug-likeness (QED) is 0.844. The van der Waals surface area contributed by atoms with Gasteiger partial charge in [-0.05, 0) is 50.0 Å². The van der Waals surface area contributed by atoms with Gasteiger partial charge in [-0.3, -0.25) is 4.79 Å². The van der Waals surface area contributed by atoms with Gasteiger partial charge in [0.15, 0.2) is 0 Å². The first-order valence-corrected chi connectivity index (χ1v) is 9.15. The monoisotopic (exact) mass is 367 g/mol. The van der Waals surface area contributed by atoms with Crippen molar-refractivity contribution in [3.8, 4) is 0 Å². The molecule has 0 spiro atoms. The van der Waals surface area contributed by atoms with Crippen LogP contribution < -0.4 is 10.6 Å². The van der Waals surface area contributed by atoms with Crippen LogP contribution in [0.2, 0.25) is 0 Å². The van der Waals surface area contributed by atoms with Crippen molar-refractivity contribution in [1.82, 2.24) is 10.3 Å². The van der Waals surface area contributed by atoms with Crippen LogP contribution in [0.25, 0.3) is 10.2 Å². The number of amides is 1. The first kappa shape index (κ1) is 19.2. The Kier molecular flexibility index (Phi) is 6.23. The van der Waals surface area contributed by atoms with Crippen LogP contribution in [0.4, 0.5) is 5.69 Å². The summed E-state index contributed by atoms with van der Waals surface area (Å²) >= 11 is 1.71. The molecule has 1 atom stereocenters. The van der Waals surface area contributed by atoms with Crippen molar-refractivity contribution in [1.29, 1.82) is 0 Å². The van der Waals surface area contributed by atoms with Crippen molar-refractivity contribution < 1.29 is 4.79 Å². The van der Waals surface area contributed by atoms with Crippen molar-refractivity contribution >= 4 is 45.6 Å². The van der Waals surface area contributed by atoms with E-state index in [-0.39, 0.29) is 23.7 Å². The van der Waals surface area contributed by atoms with Crippen molar-refractivity contribution in [3.05, 3.63) is 23.2 Å². The highest BCUT2D eigenvalue weighted by molar-refractivity contribution is 7.18. The van der Waals surface area contributed by atoms with Crippen molar-refractivity contribution in [2.75, 3.05) is 18.4 Å². The summed E-state index contributed by atoms with van der Waals surface area (Å²) in [6.45, 7) is 8.65. The van der Waals surface area contributed by atoms with E-state index < -0.39 is 0 Å². The number of anilines is 1. The summed E-state index contributed by atoms with van der Waals surface area (Å²) in [6.07, 6.45) is 2.76. The van der Waals surface area contributed by atoms with Gasteiger partial charge in [-0.25, -0.2) is 4.98 Å². The standard InChI is InChI=1S/C18H25N3OS.ClH/c1-18(2,3)17-21-14-6-5-13(10-15(14)23-17)20-16(22)7-4-12-8-9-19-11-12;/h5-6,10,12,19H,4,7-9,11H2,1-3H3,(H,20,22);1H. The van der Waals surface area contributed by atoms with Gasteiger partial charge in [0, 0.05) is 17.5 Å². The van der Waals surface area contributed by atoms with E-state index in [0.717, 1.165) is 40.4 Å². The van der Waals surface area contributed by atoms with Gasteiger partial charge in [0.05, 0.1) is 15.2 Å². The summed E-state index contributed by atoms with van der Waals surface area (Å²) in [5, 5.41) is 7.50. The Morgan fingerprint density at radius 2 is 2.21 bits per heavy atom. The number of nitrogens with one attached hydrogen (secondary N) is 2. The number of rotatable bonds is 4. The SMILES string of the molecule is CC(C)(C)c1nc2ccc(NC(=O)CCC3CCNC3)cc2s1.Cl. The minimum atomic E-state index is 0. The van der Waals surface area contributed by atoms with Crippen molar-refractivity contribution in [3.63, 3.8) is 0 Å². The number of hydrogen-bond donors (Lipinski definition) is 2. The fourth-order valence-corrected chi connectivity index (χ4v) is 3.91. The molecule has 1 aliphatic rings. The van der Waals surface area contributed by atoms with Crippen LogP contribution in [0, 0.1) is 5.92 Å². The largest absolute Gasteiger partial charge is 0.326 e. The molecule has 2 aromatic rings. The van der Waals surface area contributed by atoms with Crippen LogP contribution in [0.5, 0.6) is 0 Å². The molecule has 1 aromatic heterocycles. The molecule has 0 bridgehead atoms. The van der Waals surface area contributed by atoms with Gasteiger partial charge in [-0.1, -0.05) is 20.8 Å². The summed E-state index contributed by atoms with van der Waals surface area (Å²) < 4.78 is 1.13. The summed E-state index contributed by atoms with van der Waals surface area (Å²) in [5.74, 6) is 0.760. The maximum atomic E-state index is 12.1. The molecule has 1 aromatic carbocycles. The van der Waals surface area contributed by atoms with Crippen LogP contribution in [0.3, 0.4) is 0 Å². The number of aromatic nitrogens is 1. The number of fused-ring (bicyclic) bond motifs is 1. The number of hydrogen-bond acceptors (Lipinski definition) is 4. The number of halogens is 1. The molecule has 0 radical (unpaired) electrons. The van der Waals surface area contributed by atoms with Crippen LogP contribution in [0.1, 0.15) is 45.0 Å². The zero-order chi connectivity index (χ0) is 16.4. The topological polar surface area (TPSA) is 54.0 Å². The number of carbonyl (C=O) groups is 1. The second-order valence-corrected chi connectivity index (χ2v) is 8.43. The Balaban J connectivity index is 0.00000208. The lowest BCUT2D eigenvalue weighted by Gasteiger charge is -2.13. The summed E-state index contributed by atoms with van der Waals surface area (Å²) in [6, 6.07) is 5.98. The molecule has 1 unspecified atom stereocenters. The van der Waals surface area contributed by atoms with Crippen LogP contribution in [-0.2, 0) is 10.2 Å². The number of thiazole rings is 1. The maximum absolute atomic E-state index is 12.1. The van der Waals surface area contributed by atoms with Gasteiger partial charge in [0.2, 0.25) is 5.91 Å². The molecule has 132 valence electrons. The highest BCUT2D eigenvalue weighted by Gasteiger charge is 2.19. The average molecular weight is 368 g/mol. The summed E-state index contributed by atoms with van der Waals surface area (Å²) in [7, 11) is 0.